The van der Waals surface area contributed by atoms with E-state index in [2.05, 4.69) is 0 Å². The summed E-state index contributed by atoms with van der Waals surface area (Å²) in [7, 11) is 0. The number of hydrogen-bond donors (Lipinski definition) is 2. The van der Waals surface area contributed by atoms with Gasteiger partial charge in [0.05, 0.1) is 28.9 Å². The first-order valence-electron chi connectivity index (χ1n) is 19.8. The molecule has 0 bridgehead atoms. The van der Waals surface area contributed by atoms with Crippen molar-refractivity contribution in [1.82, 2.24) is 9.97 Å². The molecule has 0 radical (unpaired) electrons. The maximum Gasteiger partial charge on any atom is 0.229 e. The van der Waals surface area contributed by atoms with Crippen LogP contribution in [0, 0.1) is 10.8 Å². The van der Waals surface area contributed by atoms with Gasteiger partial charge in [-0.2, -0.15) is 0 Å². The van der Waals surface area contributed by atoms with Gasteiger partial charge in [0.1, 0.15) is 0 Å². The van der Waals surface area contributed by atoms with Gasteiger partial charge in [-0.05, 0) is 59.7 Å². The lowest BCUT2D eigenvalue weighted by molar-refractivity contribution is -0.117. The SMILES string of the molecule is CC(C)(C)C(=O)c1oc2nc(-c3ccccc3Cl)c(-c3ccc(Cl)cc3)cc2c1CC(N)=O.CC(C)(C)C(=O)c1oc2nc(-c3ccccc3Cl)c(-c3ccc(Cl)cc3)cc2c1N. The second kappa shape index (κ2) is 17.7. The van der Waals surface area contributed by atoms with E-state index in [4.69, 9.17) is 76.7 Å². The molecule has 1 amide bonds. The van der Waals surface area contributed by atoms with Gasteiger partial charge in [0.15, 0.2) is 11.5 Å². The highest BCUT2D eigenvalue weighted by atomic mass is 35.5. The molecule has 4 N–H and O–H groups in total. The lowest BCUT2D eigenvalue weighted by Gasteiger charge is -2.15. The molecule has 0 aliphatic rings. The molecule has 0 saturated carbocycles. The van der Waals surface area contributed by atoms with E-state index in [-0.39, 0.29) is 35.2 Å². The summed E-state index contributed by atoms with van der Waals surface area (Å²) in [5.74, 6) is -0.746. The molecule has 9 nitrogen and oxygen atoms in total. The average molecular weight is 921 g/mol. The largest absolute Gasteiger partial charge is 0.434 e. The number of benzene rings is 4. The second-order valence-corrected chi connectivity index (χ2v) is 18.7. The summed E-state index contributed by atoms with van der Waals surface area (Å²) >= 11 is 25.1. The van der Waals surface area contributed by atoms with Crippen LogP contribution in [0.1, 0.15) is 68.2 Å². The minimum absolute atomic E-state index is 0.0992. The number of furan rings is 2. The summed E-state index contributed by atoms with van der Waals surface area (Å²) in [5.41, 5.74) is 17.8. The Hall–Kier alpha value is -5.97. The third-order valence-corrected chi connectivity index (χ3v) is 11.4. The number of carbonyl (C=O) groups excluding carboxylic acids is 3. The Kier molecular flexibility index (Phi) is 12.6. The fraction of sp³-hybridized carbons (Fsp3) is 0.180. The molecule has 8 rings (SSSR count). The highest BCUT2D eigenvalue weighted by Gasteiger charge is 2.33. The summed E-state index contributed by atoms with van der Waals surface area (Å²) in [6, 6.07) is 33.3. The number of Topliss-reactive ketones (excluding diaryl/α,β-unsaturated/α-hetero) is 2. The van der Waals surface area contributed by atoms with E-state index in [1.165, 1.54) is 0 Å². The predicted molar refractivity (Wildman–Crippen MR) is 255 cm³/mol. The standard InChI is InChI=1S/C26H22Cl2N2O3.C24H20Cl2N2O2/c1-26(2,3)24(32)23-18(13-21(29)31)19-12-17(14-8-10-15(27)11-9-14)22(30-25(19)33-23)16-6-4-5-7-20(16)28;1-24(2,3)22(29)21-19(27)17-12-16(13-8-10-14(25)11-9-13)20(28-23(17)30-21)15-6-4-5-7-18(15)26/h4-12H,13H2,1-3H3,(H2,29,31);4-12H,27H2,1-3H3. The monoisotopic (exact) mass is 918 g/mol. The fourth-order valence-corrected chi connectivity index (χ4v) is 7.61. The number of carbonyl (C=O) groups is 3. The third kappa shape index (κ3) is 9.38. The van der Waals surface area contributed by atoms with Gasteiger partial charge in [0.25, 0.3) is 0 Å². The zero-order chi connectivity index (χ0) is 45.5. The summed E-state index contributed by atoms with van der Waals surface area (Å²) in [6.45, 7) is 10.8. The van der Waals surface area contributed by atoms with Gasteiger partial charge >= 0.3 is 0 Å². The Bertz CT molecular complexity index is 3070. The Morgan fingerprint density at radius 2 is 0.952 bits per heavy atom. The number of nitrogens with two attached hydrogens (primary N) is 2. The van der Waals surface area contributed by atoms with Crippen molar-refractivity contribution in [1.29, 1.82) is 0 Å². The molecule has 8 aromatic rings. The summed E-state index contributed by atoms with van der Waals surface area (Å²) in [4.78, 5) is 47.3. The highest BCUT2D eigenvalue weighted by molar-refractivity contribution is 6.34. The topological polar surface area (TPSA) is 155 Å². The number of primary amides is 1. The maximum atomic E-state index is 13.1. The number of pyridine rings is 2. The zero-order valence-electron chi connectivity index (χ0n) is 35.2. The van der Waals surface area contributed by atoms with Crippen LogP contribution in [-0.2, 0) is 11.2 Å². The van der Waals surface area contributed by atoms with E-state index in [1.54, 1.807) is 45.0 Å². The van der Waals surface area contributed by atoms with Gasteiger partial charge in [-0.3, -0.25) is 14.4 Å². The number of nitrogens with zero attached hydrogens (tertiary/aromatic N) is 2. The van der Waals surface area contributed by atoms with Crippen LogP contribution >= 0.6 is 46.4 Å². The van der Waals surface area contributed by atoms with Gasteiger partial charge < -0.3 is 20.3 Å². The van der Waals surface area contributed by atoms with Crippen molar-refractivity contribution in [3.05, 3.63) is 146 Å². The number of hydrogen-bond acceptors (Lipinski definition) is 8. The molecule has 13 heteroatoms. The fourth-order valence-electron chi connectivity index (χ4n) is 6.91. The van der Waals surface area contributed by atoms with Crippen molar-refractivity contribution in [3.8, 4) is 44.8 Å². The molecule has 63 heavy (non-hydrogen) atoms. The molecule has 0 atom stereocenters. The molecule has 4 heterocycles. The smallest absolute Gasteiger partial charge is 0.229 e. The molecule has 0 unspecified atom stereocenters. The van der Waals surface area contributed by atoms with Crippen LogP contribution in [0.5, 0.6) is 0 Å². The average Bonchev–Trinajstić information content (AvgIpc) is 3.75. The number of fused-ring (bicyclic) bond motifs is 2. The Morgan fingerprint density at radius 3 is 1.38 bits per heavy atom. The Morgan fingerprint density at radius 1 is 0.556 bits per heavy atom. The van der Waals surface area contributed by atoms with E-state index in [1.807, 2.05) is 106 Å². The first kappa shape index (κ1) is 45.1. The van der Waals surface area contributed by atoms with Crippen molar-refractivity contribution >= 4 is 91.8 Å². The van der Waals surface area contributed by atoms with Gasteiger partial charge in [-0.25, -0.2) is 9.97 Å². The minimum atomic E-state index is -0.717. The first-order chi connectivity index (χ1) is 29.7. The van der Waals surface area contributed by atoms with E-state index in [0.29, 0.717) is 64.8 Å². The molecule has 0 fully saturated rings. The number of halogens is 4. The number of ketones is 2. The van der Waals surface area contributed by atoms with Crippen molar-refractivity contribution in [2.75, 3.05) is 5.73 Å². The van der Waals surface area contributed by atoms with Crippen molar-refractivity contribution in [2.24, 2.45) is 16.6 Å². The lowest BCUT2D eigenvalue weighted by atomic mass is 9.87. The Balaban J connectivity index is 0.000000190. The quantitative estimate of drug-likeness (QED) is 0.143. The molecule has 4 aromatic heterocycles. The summed E-state index contributed by atoms with van der Waals surface area (Å²) in [5, 5.41) is 3.46. The normalized spacial score (nSPS) is 11.7. The molecule has 320 valence electrons. The minimum Gasteiger partial charge on any atom is -0.434 e. The molecule has 0 aliphatic heterocycles. The maximum absolute atomic E-state index is 13.1. The third-order valence-electron chi connectivity index (χ3n) is 10.2. The molecule has 0 aliphatic carbocycles. The van der Waals surface area contributed by atoms with Crippen LogP contribution in [0.2, 0.25) is 20.1 Å². The predicted octanol–water partition coefficient (Wildman–Crippen LogP) is 14.0. The van der Waals surface area contributed by atoms with E-state index >= 15 is 0 Å². The molecular formula is C50H42Cl4N4O5. The van der Waals surface area contributed by atoms with Gasteiger partial charge in [-0.1, -0.05) is 149 Å². The van der Waals surface area contributed by atoms with Crippen molar-refractivity contribution in [3.63, 3.8) is 0 Å². The lowest BCUT2D eigenvalue weighted by Crippen LogP contribution is -2.22. The number of anilines is 1. The summed E-state index contributed by atoms with van der Waals surface area (Å²) < 4.78 is 11.8. The van der Waals surface area contributed by atoms with Crippen LogP contribution in [-0.4, -0.2) is 27.4 Å². The van der Waals surface area contributed by atoms with Crippen LogP contribution in [0.25, 0.3) is 67.0 Å². The number of nitrogen functional groups attached to an aromatic ring is 1. The van der Waals surface area contributed by atoms with E-state index < -0.39 is 16.7 Å². The molecule has 4 aromatic carbocycles. The van der Waals surface area contributed by atoms with E-state index in [9.17, 15) is 14.4 Å². The van der Waals surface area contributed by atoms with Gasteiger partial charge in [0.2, 0.25) is 28.9 Å². The van der Waals surface area contributed by atoms with Gasteiger partial charge in [0, 0.05) is 64.1 Å². The molecule has 0 saturated heterocycles. The zero-order valence-corrected chi connectivity index (χ0v) is 38.2. The first-order valence-corrected chi connectivity index (χ1v) is 21.3. The van der Waals surface area contributed by atoms with Crippen LogP contribution in [0.15, 0.2) is 118 Å². The van der Waals surface area contributed by atoms with Crippen molar-refractivity contribution < 1.29 is 23.2 Å². The number of amides is 1. The highest BCUT2D eigenvalue weighted by Crippen LogP contribution is 2.42. The Labute approximate surface area is 384 Å². The van der Waals surface area contributed by atoms with Crippen molar-refractivity contribution in [2.45, 2.75) is 48.0 Å². The summed E-state index contributed by atoms with van der Waals surface area (Å²) in [6.07, 6.45) is -0.142. The second-order valence-electron chi connectivity index (χ2n) is 17.0. The number of aromatic nitrogens is 2. The van der Waals surface area contributed by atoms with E-state index in [0.717, 1.165) is 27.8 Å². The van der Waals surface area contributed by atoms with Crippen LogP contribution in [0.3, 0.4) is 0 Å². The molecule has 0 spiro atoms. The van der Waals surface area contributed by atoms with Crippen LogP contribution < -0.4 is 11.5 Å². The molecular weight excluding hydrogens is 878 g/mol. The number of rotatable bonds is 8. The van der Waals surface area contributed by atoms with Gasteiger partial charge in [-0.15, -0.1) is 0 Å². The van der Waals surface area contributed by atoms with Crippen LogP contribution in [0.4, 0.5) is 5.69 Å².